The van der Waals surface area contributed by atoms with Crippen LogP contribution in [-0.2, 0) is 11.8 Å². The zero-order valence-electron chi connectivity index (χ0n) is 15.6. The number of halogens is 1. The largest absolute Gasteiger partial charge is 0.342 e. The first-order chi connectivity index (χ1) is 13.5. The highest BCUT2D eigenvalue weighted by molar-refractivity contribution is 8.00. The van der Waals surface area contributed by atoms with E-state index in [1.165, 1.54) is 39.8 Å². The number of hydrogen-bond acceptors (Lipinski definition) is 5. The van der Waals surface area contributed by atoms with Crippen LogP contribution in [0.3, 0.4) is 0 Å². The predicted octanol–water partition coefficient (Wildman–Crippen LogP) is 3.90. The molecule has 28 heavy (non-hydrogen) atoms. The molecule has 0 radical (unpaired) electrons. The van der Waals surface area contributed by atoms with E-state index < -0.39 is 0 Å². The summed E-state index contributed by atoms with van der Waals surface area (Å²) in [7, 11) is 1.68. The third-order valence-corrected chi connectivity index (χ3v) is 6.98. The van der Waals surface area contributed by atoms with Crippen LogP contribution in [0.2, 0.25) is 0 Å². The molecule has 1 fully saturated rings. The summed E-state index contributed by atoms with van der Waals surface area (Å²) in [6.45, 7) is 3.47. The lowest BCUT2D eigenvalue weighted by atomic mass is 10.1. The summed E-state index contributed by atoms with van der Waals surface area (Å²) in [5.41, 5.74) is 1.38. The standard InChI is InChI=1S/C20H20FN3O2S2/c1-12(18(25)24-9-3-4-10-24)28-20-22-17-16(19(26)23(20)2)15(11-27-17)13-5-7-14(21)8-6-13/h5-8,11-12H,3-4,9-10H2,1-2H3/t12-/m1/s1. The van der Waals surface area contributed by atoms with E-state index in [1.807, 2.05) is 17.2 Å². The molecule has 0 N–H and O–H groups in total. The van der Waals surface area contributed by atoms with Crippen LogP contribution in [0.15, 0.2) is 39.6 Å². The lowest BCUT2D eigenvalue weighted by Gasteiger charge is -2.20. The van der Waals surface area contributed by atoms with Crippen LogP contribution >= 0.6 is 23.1 Å². The number of aromatic nitrogens is 2. The van der Waals surface area contributed by atoms with Crippen molar-refractivity contribution >= 4 is 39.2 Å². The molecule has 0 aliphatic carbocycles. The molecule has 3 heterocycles. The number of rotatable bonds is 4. The predicted molar refractivity (Wildman–Crippen MR) is 111 cm³/mol. The van der Waals surface area contributed by atoms with Crippen molar-refractivity contribution in [3.63, 3.8) is 0 Å². The van der Waals surface area contributed by atoms with Crippen LogP contribution in [-0.4, -0.2) is 38.7 Å². The highest BCUT2D eigenvalue weighted by atomic mass is 32.2. The molecular formula is C20H20FN3O2S2. The molecule has 3 aromatic rings. The number of thiophene rings is 1. The number of carbonyl (C=O) groups excluding carboxylic acids is 1. The van der Waals surface area contributed by atoms with Gasteiger partial charge in [0.25, 0.3) is 5.56 Å². The molecule has 1 saturated heterocycles. The first-order valence-electron chi connectivity index (χ1n) is 9.15. The summed E-state index contributed by atoms with van der Waals surface area (Å²) in [5, 5.41) is 2.64. The van der Waals surface area contributed by atoms with Crippen LogP contribution < -0.4 is 5.56 Å². The molecular weight excluding hydrogens is 397 g/mol. The van der Waals surface area contributed by atoms with E-state index in [0.717, 1.165) is 37.1 Å². The molecule has 1 amide bonds. The van der Waals surface area contributed by atoms with Crippen LogP contribution in [0.1, 0.15) is 19.8 Å². The van der Waals surface area contributed by atoms with Gasteiger partial charge >= 0.3 is 0 Å². The highest BCUT2D eigenvalue weighted by Crippen LogP contribution is 2.33. The first-order valence-corrected chi connectivity index (χ1v) is 10.9. The summed E-state index contributed by atoms with van der Waals surface area (Å²) in [6.07, 6.45) is 2.10. The maximum absolute atomic E-state index is 13.2. The van der Waals surface area contributed by atoms with Crippen molar-refractivity contribution in [2.75, 3.05) is 13.1 Å². The van der Waals surface area contributed by atoms with Crippen molar-refractivity contribution in [2.45, 2.75) is 30.2 Å². The van der Waals surface area contributed by atoms with Crippen molar-refractivity contribution in [2.24, 2.45) is 7.05 Å². The van der Waals surface area contributed by atoms with E-state index in [-0.39, 0.29) is 22.5 Å². The summed E-state index contributed by atoms with van der Waals surface area (Å²) in [5.74, 6) is -0.223. The molecule has 0 bridgehead atoms. The number of likely N-dealkylation sites (tertiary alicyclic amines) is 1. The molecule has 5 nitrogen and oxygen atoms in total. The van der Waals surface area contributed by atoms with E-state index in [2.05, 4.69) is 4.98 Å². The van der Waals surface area contributed by atoms with E-state index in [0.29, 0.717) is 15.4 Å². The van der Waals surface area contributed by atoms with Gasteiger partial charge in [-0.25, -0.2) is 9.37 Å². The van der Waals surface area contributed by atoms with Crippen molar-refractivity contribution in [1.29, 1.82) is 0 Å². The smallest absolute Gasteiger partial charge is 0.263 e. The molecule has 1 aliphatic rings. The van der Waals surface area contributed by atoms with Gasteiger partial charge < -0.3 is 4.90 Å². The Labute approximate surface area is 170 Å². The number of thioether (sulfide) groups is 1. The lowest BCUT2D eigenvalue weighted by Crippen LogP contribution is -2.34. The second-order valence-electron chi connectivity index (χ2n) is 6.89. The molecule has 1 atom stereocenters. The molecule has 1 aromatic carbocycles. The van der Waals surface area contributed by atoms with Crippen LogP contribution in [0.5, 0.6) is 0 Å². The second kappa shape index (κ2) is 7.67. The molecule has 0 unspecified atom stereocenters. The van der Waals surface area contributed by atoms with Crippen molar-refractivity contribution in [3.05, 3.63) is 45.8 Å². The Morgan fingerprint density at radius 3 is 2.61 bits per heavy atom. The Morgan fingerprint density at radius 1 is 1.25 bits per heavy atom. The Hall–Kier alpha value is -2.19. The molecule has 4 rings (SSSR count). The fourth-order valence-electron chi connectivity index (χ4n) is 3.40. The minimum atomic E-state index is -0.315. The number of fused-ring (bicyclic) bond motifs is 1. The van der Waals surface area contributed by atoms with Crippen molar-refractivity contribution in [3.8, 4) is 11.1 Å². The van der Waals surface area contributed by atoms with Crippen molar-refractivity contribution in [1.82, 2.24) is 14.5 Å². The third-order valence-electron chi connectivity index (χ3n) is 4.98. The number of carbonyl (C=O) groups is 1. The zero-order chi connectivity index (χ0) is 19.8. The molecule has 0 saturated carbocycles. The van der Waals surface area contributed by atoms with Crippen LogP contribution in [0.4, 0.5) is 4.39 Å². The van der Waals surface area contributed by atoms with Gasteiger partial charge in [0, 0.05) is 31.1 Å². The molecule has 0 spiro atoms. The molecule has 146 valence electrons. The molecule has 8 heteroatoms. The average molecular weight is 418 g/mol. The van der Waals surface area contributed by atoms with Gasteiger partial charge in [0.1, 0.15) is 10.6 Å². The lowest BCUT2D eigenvalue weighted by molar-refractivity contribution is -0.129. The van der Waals surface area contributed by atoms with E-state index >= 15 is 0 Å². The normalized spacial score (nSPS) is 15.3. The van der Waals surface area contributed by atoms with Gasteiger partial charge in [0.05, 0.1) is 10.6 Å². The maximum atomic E-state index is 13.2. The first kappa shape index (κ1) is 19.1. The zero-order valence-corrected chi connectivity index (χ0v) is 17.3. The maximum Gasteiger partial charge on any atom is 0.263 e. The van der Waals surface area contributed by atoms with Gasteiger partial charge in [-0.15, -0.1) is 11.3 Å². The summed E-state index contributed by atoms with van der Waals surface area (Å²) in [6, 6.07) is 6.09. The van der Waals surface area contributed by atoms with Gasteiger partial charge in [0.15, 0.2) is 5.16 Å². The average Bonchev–Trinajstić information content (AvgIpc) is 3.36. The number of benzene rings is 1. The Bertz CT molecular complexity index is 1090. The number of amides is 1. The van der Waals surface area contributed by atoms with Gasteiger partial charge in [-0.1, -0.05) is 23.9 Å². The molecule has 1 aliphatic heterocycles. The quantitative estimate of drug-likeness (QED) is 0.477. The fraction of sp³-hybridized carbons (Fsp3) is 0.350. The summed E-state index contributed by atoms with van der Waals surface area (Å²) in [4.78, 5) is 32.8. The van der Waals surface area contributed by atoms with Gasteiger partial charge in [-0.3, -0.25) is 14.2 Å². The minimum absolute atomic E-state index is 0.0926. The second-order valence-corrected chi connectivity index (χ2v) is 9.05. The van der Waals surface area contributed by atoms with Gasteiger partial charge in [0.2, 0.25) is 5.91 Å². The number of hydrogen-bond donors (Lipinski definition) is 0. The summed E-state index contributed by atoms with van der Waals surface area (Å²) < 4.78 is 14.7. The van der Waals surface area contributed by atoms with E-state index in [4.69, 9.17) is 0 Å². The van der Waals surface area contributed by atoms with Gasteiger partial charge in [-0.2, -0.15) is 0 Å². The van der Waals surface area contributed by atoms with E-state index in [9.17, 15) is 14.0 Å². The topological polar surface area (TPSA) is 55.2 Å². The fourth-order valence-corrected chi connectivity index (χ4v) is 5.35. The van der Waals surface area contributed by atoms with E-state index in [1.54, 1.807) is 19.2 Å². The number of nitrogens with zero attached hydrogens (tertiary/aromatic N) is 3. The minimum Gasteiger partial charge on any atom is -0.342 e. The molecule has 2 aromatic heterocycles. The monoisotopic (exact) mass is 417 g/mol. The summed E-state index contributed by atoms with van der Waals surface area (Å²) >= 11 is 2.70. The Kier molecular flexibility index (Phi) is 5.25. The van der Waals surface area contributed by atoms with Crippen LogP contribution in [0, 0.1) is 5.82 Å². The van der Waals surface area contributed by atoms with Crippen LogP contribution in [0.25, 0.3) is 21.3 Å². The van der Waals surface area contributed by atoms with Crippen molar-refractivity contribution < 1.29 is 9.18 Å². The Morgan fingerprint density at radius 2 is 1.93 bits per heavy atom. The van der Waals surface area contributed by atoms with Gasteiger partial charge in [-0.05, 0) is 37.5 Å². The third kappa shape index (κ3) is 3.46. The SMILES string of the molecule is C[C@@H](Sc1nc2scc(-c3ccc(F)cc3)c2c(=O)n1C)C(=O)N1CCCC1. The highest BCUT2D eigenvalue weighted by Gasteiger charge is 2.26. The Balaban J connectivity index is 1.68.